The van der Waals surface area contributed by atoms with Crippen molar-refractivity contribution in [3.8, 4) is 0 Å². The van der Waals surface area contributed by atoms with Crippen molar-refractivity contribution >= 4 is 5.78 Å². The maximum Gasteiger partial charge on any atom is 0.205 e. The summed E-state index contributed by atoms with van der Waals surface area (Å²) in [6.07, 6.45) is 4.62. The van der Waals surface area contributed by atoms with Gasteiger partial charge in [-0.3, -0.25) is 9.78 Å². The molecule has 0 spiro atoms. The molecule has 0 atom stereocenters. The molecule has 1 rings (SSSR count). The molecular weight excluding hydrogens is 152 g/mol. The fraction of sp³-hybridized carbons (Fsp3) is 0.111. The molecule has 0 aromatic carbocycles. The average molecular weight is 162 g/mol. The highest BCUT2D eigenvalue weighted by atomic mass is 16.1. The third-order valence-electron chi connectivity index (χ3n) is 1.32. The molecule has 0 aliphatic carbocycles. The van der Waals surface area contributed by atoms with E-state index in [0.29, 0.717) is 5.69 Å². The lowest BCUT2D eigenvalue weighted by Gasteiger charge is -1.91. The minimum absolute atomic E-state index is 0.0926. The van der Waals surface area contributed by atoms with Crippen LogP contribution in [-0.2, 0) is 0 Å². The molecule has 0 amide bonds. The average Bonchev–Trinajstić information content (AvgIpc) is 2.15. The number of ketones is 1. The summed E-state index contributed by atoms with van der Waals surface area (Å²) in [5, 5.41) is 2.74. The summed E-state index contributed by atoms with van der Waals surface area (Å²) in [7, 11) is 1.74. The molecule has 0 saturated carbocycles. The molecule has 1 N–H and O–H groups in total. The van der Waals surface area contributed by atoms with Crippen molar-refractivity contribution in [3.63, 3.8) is 0 Å². The van der Waals surface area contributed by atoms with Crippen LogP contribution in [0.15, 0.2) is 36.7 Å². The maximum atomic E-state index is 11.2. The third kappa shape index (κ3) is 2.20. The van der Waals surface area contributed by atoms with Gasteiger partial charge in [-0.2, -0.15) is 0 Å². The molecule has 0 saturated heterocycles. The molecular formula is C9H10N2O. The smallest absolute Gasteiger partial charge is 0.205 e. The minimum atomic E-state index is -0.0926. The highest BCUT2D eigenvalue weighted by molar-refractivity contribution is 6.02. The largest absolute Gasteiger partial charge is 0.394 e. The minimum Gasteiger partial charge on any atom is -0.394 e. The molecule has 0 unspecified atom stereocenters. The zero-order chi connectivity index (χ0) is 8.81. The number of nitrogens with one attached hydrogen (secondary N) is 1. The number of aromatic nitrogens is 1. The Hall–Kier alpha value is -1.64. The normalized spacial score (nSPS) is 10.1. The first-order chi connectivity index (χ1) is 5.84. The van der Waals surface area contributed by atoms with E-state index in [9.17, 15) is 4.79 Å². The van der Waals surface area contributed by atoms with Gasteiger partial charge < -0.3 is 5.32 Å². The molecule has 1 heterocycles. The number of rotatable bonds is 3. The maximum absolute atomic E-state index is 11.2. The van der Waals surface area contributed by atoms with Crippen LogP contribution < -0.4 is 5.32 Å². The molecule has 1 aromatic rings. The first kappa shape index (κ1) is 8.46. The number of allylic oxidation sites excluding steroid dienone is 1. The lowest BCUT2D eigenvalue weighted by atomic mass is 10.2. The summed E-state index contributed by atoms with van der Waals surface area (Å²) >= 11 is 0. The van der Waals surface area contributed by atoms with Crippen molar-refractivity contribution in [2.45, 2.75) is 0 Å². The fourth-order valence-electron chi connectivity index (χ4n) is 0.753. The molecule has 0 fully saturated rings. The van der Waals surface area contributed by atoms with E-state index in [2.05, 4.69) is 10.3 Å². The highest BCUT2D eigenvalue weighted by Gasteiger charge is 1.99. The van der Waals surface area contributed by atoms with Crippen molar-refractivity contribution < 1.29 is 4.79 Å². The lowest BCUT2D eigenvalue weighted by molar-refractivity contribution is 0.104. The second kappa shape index (κ2) is 4.28. The van der Waals surface area contributed by atoms with E-state index in [1.165, 1.54) is 6.08 Å². The molecule has 0 bridgehead atoms. The van der Waals surface area contributed by atoms with Gasteiger partial charge in [0, 0.05) is 25.5 Å². The van der Waals surface area contributed by atoms with Crippen LogP contribution in [0.4, 0.5) is 0 Å². The van der Waals surface area contributed by atoms with Crippen LogP contribution in [-0.4, -0.2) is 17.8 Å². The Morgan fingerprint density at radius 1 is 1.58 bits per heavy atom. The fourth-order valence-corrected chi connectivity index (χ4v) is 0.753. The van der Waals surface area contributed by atoms with Gasteiger partial charge in [0.05, 0.1) is 0 Å². The molecule has 0 aliphatic heterocycles. The Bertz CT molecular complexity index is 280. The molecule has 3 nitrogen and oxygen atoms in total. The topological polar surface area (TPSA) is 42.0 Å². The number of nitrogens with zero attached hydrogens (tertiary/aromatic N) is 1. The molecule has 12 heavy (non-hydrogen) atoms. The number of carbonyl (C=O) groups excluding carboxylic acids is 1. The van der Waals surface area contributed by atoms with Gasteiger partial charge in [-0.15, -0.1) is 0 Å². The predicted octanol–water partition coefficient (Wildman–Crippen LogP) is 0.997. The Balaban J connectivity index is 2.72. The van der Waals surface area contributed by atoms with Gasteiger partial charge in [0.15, 0.2) is 0 Å². The van der Waals surface area contributed by atoms with E-state index in [1.807, 2.05) is 0 Å². The Morgan fingerprint density at radius 2 is 2.42 bits per heavy atom. The van der Waals surface area contributed by atoms with Gasteiger partial charge in [-0.25, -0.2) is 0 Å². The Kier molecular flexibility index (Phi) is 3.02. The van der Waals surface area contributed by atoms with E-state index >= 15 is 0 Å². The molecule has 0 radical (unpaired) electrons. The van der Waals surface area contributed by atoms with Crippen LogP contribution in [0.2, 0.25) is 0 Å². The van der Waals surface area contributed by atoms with Gasteiger partial charge in [0.25, 0.3) is 0 Å². The highest BCUT2D eigenvalue weighted by Crippen LogP contribution is 1.95. The van der Waals surface area contributed by atoms with Crippen LogP contribution >= 0.6 is 0 Å². The van der Waals surface area contributed by atoms with Crippen molar-refractivity contribution in [1.29, 1.82) is 0 Å². The van der Waals surface area contributed by atoms with E-state index in [0.717, 1.165) is 0 Å². The van der Waals surface area contributed by atoms with Crippen molar-refractivity contribution in [3.05, 3.63) is 42.4 Å². The molecule has 3 heteroatoms. The summed E-state index contributed by atoms with van der Waals surface area (Å²) in [6.45, 7) is 0. The van der Waals surface area contributed by atoms with Gasteiger partial charge in [-0.1, -0.05) is 6.07 Å². The molecule has 1 aromatic heterocycles. The zero-order valence-electron chi connectivity index (χ0n) is 6.82. The Labute approximate surface area is 71.1 Å². The first-order valence-corrected chi connectivity index (χ1v) is 3.64. The number of hydrogen-bond acceptors (Lipinski definition) is 3. The van der Waals surface area contributed by atoms with Crippen LogP contribution in [0.5, 0.6) is 0 Å². The monoisotopic (exact) mass is 162 g/mol. The molecule has 62 valence electrons. The summed E-state index contributed by atoms with van der Waals surface area (Å²) in [6, 6.07) is 5.24. The van der Waals surface area contributed by atoms with Crippen LogP contribution in [0, 0.1) is 0 Å². The summed E-state index contributed by atoms with van der Waals surface area (Å²) in [5.74, 6) is -0.0926. The summed E-state index contributed by atoms with van der Waals surface area (Å²) < 4.78 is 0. The van der Waals surface area contributed by atoms with Crippen LogP contribution in [0.25, 0.3) is 0 Å². The first-order valence-electron chi connectivity index (χ1n) is 3.64. The quantitative estimate of drug-likeness (QED) is 0.532. The number of carbonyl (C=O) groups is 1. The number of hydrogen-bond donors (Lipinski definition) is 1. The predicted molar refractivity (Wildman–Crippen MR) is 46.8 cm³/mol. The van der Waals surface area contributed by atoms with E-state index in [1.54, 1.807) is 37.6 Å². The van der Waals surface area contributed by atoms with Crippen molar-refractivity contribution in [2.24, 2.45) is 0 Å². The number of pyridine rings is 1. The van der Waals surface area contributed by atoms with Crippen LogP contribution in [0.1, 0.15) is 10.5 Å². The SMILES string of the molecule is CNC=CC(=O)c1ccccn1. The van der Waals surface area contributed by atoms with E-state index in [4.69, 9.17) is 0 Å². The second-order valence-electron chi connectivity index (χ2n) is 2.20. The van der Waals surface area contributed by atoms with Gasteiger partial charge in [0.1, 0.15) is 5.69 Å². The standard InChI is InChI=1S/C9H10N2O/c1-10-7-5-9(12)8-4-2-3-6-11-8/h2-7,10H,1H3. The van der Waals surface area contributed by atoms with Crippen molar-refractivity contribution in [1.82, 2.24) is 10.3 Å². The van der Waals surface area contributed by atoms with Crippen LogP contribution in [0.3, 0.4) is 0 Å². The summed E-state index contributed by atoms with van der Waals surface area (Å²) in [4.78, 5) is 15.1. The van der Waals surface area contributed by atoms with E-state index in [-0.39, 0.29) is 5.78 Å². The lowest BCUT2D eigenvalue weighted by Crippen LogP contribution is -2.00. The third-order valence-corrected chi connectivity index (χ3v) is 1.32. The summed E-state index contributed by atoms with van der Waals surface area (Å²) in [5.41, 5.74) is 0.462. The second-order valence-corrected chi connectivity index (χ2v) is 2.20. The Morgan fingerprint density at radius 3 is 3.00 bits per heavy atom. The van der Waals surface area contributed by atoms with Gasteiger partial charge in [0.2, 0.25) is 5.78 Å². The van der Waals surface area contributed by atoms with E-state index < -0.39 is 0 Å². The van der Waals surface area contributed by atoms with Gasteiger partial charge >= 0.3 is 0 Å². The molecule has 0 aliphatic rings. The zero-order valence-corrected chi connectivity index (χ0v) is 6.82. The van der Waals surface area contributed by atoms with Crippen molar-refractivity contribution in [2.75, 3.05) is 7.05 Å². The van der Waals surface area contributed by atoms with Gasteiger partial charge in [-0.05, 0) is 12.1 Å².